The number of amides is 2. The van der Waals surface area contributed by atoms with E-state index in [-0.39, 0.29) is 17.7 Å². The predicted molar refractivity (Wildman–Crippen MR) is 90.3 cm³/mol. The van der Waals surface area contributed by atoms with Gasteiger partial charge in [0.25, 0.3) is 5.91 Å². The molecule has 0 spiro atoms. The van der Waals surface area contributed by atoms with Crippen LogP contribution in [0.3, 0.4) is 0 Å². The third kappa shape index (κ3) is 4.23. The van der Waals surface area contributed by atoms with E-state index in [0.717, 1.165) is 0 Å². The van der Waals surface area contributed by atoms with Gasteiger partial charge in [0.15, 0.2) is 0 Å². The zero-order valence-electron chi connectivity index (χ0n) is 13.1. The number of hydrogen-bond donors (Lipinski definition) is 2. The number of furan rings is 1. The van der Waals surface area contributed by atoms with Gasteiger partial charge in [-0.05, 0) is 30.3 Å². The lowest BCUT2D eigenvalue weighted by Gasteiger charge is -2.07. The second-order valence-corrected chi connectivity index (χ2v) is 5.15. The Labute approximate surface area is 143 Å². The first-order valence-corrected chi connectivity index (χ1v) is 7.47. The summed E-state index contributed by atoms with van der Waals surface area (Å²) in [6.07, 6.45) is 2.69. The number of anilines is 1. The molecule has 3 N–H and O–H groups in total. The van der Waals surface area contributed by atoms with Crippen molar-refractivity contribution < 1.29 is 18.7 Å². The fraction of sp³-hybridized carbons (Fsp3) is 0.0556. The van der Waals surface area contributed by atoms with Gasteiger partial charge in [0.1, 0.15) is 23.1 Å². The highest BCUT2D eigenvalue weighted by atomic mass is 16.5. The highest BCUT2D eigenvalue weighted by molar-refractivity contribution is 6.05. The van der Waals surface area contributed by atoms with Crippen LogP contribution < -0.4 is 15.8 Å². The molecule has 0 aliphatic carbocycles. The zero-order valence-corrected chi connectivity index (χ0v) is 13.1. The van der Waals surface area contributed by atoms with E-state index >= 15 is 0 Å². The Morgan fingerprint density at radius 1 is 1.08 bits per heavy atom. The summed E-state index contributed by atoms with van der Waals surface area (Å²) in [5.74, 6) is 0.780. The fourth-order valence-corrected chi connectivity index (χ4v) is 2.16. The van der Waals surface area contributed by atoms with Gasteiger partial charge >= 0.3 is 0 Å². The molecule has 0 bridgehead atoms. The summed E-state index contributed by atoms with van der Waals surface area (Å²) in [6.45, 7) is 0. The number of para-hydroxylation sites is 1. The van der Waals surface area contributed by atoms with Gasteiger partial charge in [-0.25, -0.2) is 4.98 Å². The minimum Gasteiger partial charge on any atom is -0.468 e. The fourth-order valence-electron chi connectivity index (χ4n) is 2.16. The largest absolute Gasteiger partial charge is 0.468 e. The van der Waals surface area contributed by atoms with Crippen molar-refractivity contribution in [3.05, 3.63) is 72.3 Å². The first kappa shape index (κ1) is 16.3. The third-order valence-electron chi connectivity index (χ3n) is 3.28. The second kappa shape index (κ2) is 7.31. The topological polar surface area (TPSA) is 107 Å². The van der Waals surface area contributed by atoms with Gasteiger partial charge in [0, 0.05) is 0 Å². The van der Waals surface area contributed by atoms with Gasteiger partial charge < -0.3 is 20.2 Å². The number of ether oxygens (including phenoxy) is 1. The van der Waals surface area contributed by atoms with E-state index in [1.165, 1.54) is 18.5 Å². The number of carbonyl (C=O) groups excluding carboxylic acids is 2. The number of nitrogens with one attached hydrogen (secondary N) is 1. The van der Waals surface area contributed by atoms with Crippen molar-refractivity contribution in [2.45, 2.75) is 6.42 Å². The Bertz CT molecular complexity index is 873. The molecule has 1 aromatic carbocycles. The number of benzene rings is 1. The maximum atomic E-state index is 12.3. The summed E-state index contributed by atoms with van der Waals surface area (Å²) in [7, 11) is 0. The number of nitrogens with two attached hydrogens (primary N) is 1. The van der Waals surface area contributed by atoms with Crippen molar-refractivity contribution in [3.63, 3.8) is 0 Å². The summed E-state index contributed by atoms with van der Waals surface area (Å²) in [5.41, 5.74) is 5.37. The molecule has 0 saturated carbocycles. The number of primary amides is 1. The monoisotopic (exact) mass is 337 g/mol. The quantitative estimate of drug-likeness (QED) is 0.719. The van der Waals surface area contributed by atoms with E-state index in [1.54, 1.807) is 12.1 Å². The van der Waals surface area contributed by atoms with Gasteiger partial charge in [-0.15, -0.1) is 0 Å². The minimum absolute atomic E-state index is 0.146. The smallest absolute Gasteiger partial charge is 0.260 e. The van der Waals surface area contributed by atoms with Crippen LogP contribution in [0, 0.1) is 0 Å². The van der Waals surface area contributed by atoms with E-state index < -0.39 is 11.8 Å². The van der Waals surface area contributed by atoms with Crippen LogP contribution in [0.25, 0.3) is 0 Å². The molecule has 0 saturated heterocycles. The van der Waals surface area contributed by atoms with E-state index in [9.17, 15) is 9.59 Å². The van der Waals surface area contributed by atoms with Crippen LogP contribution in [-0.4, -0.2) is 16.8 Å². The van der Waals surface area contributed by atoms with Crippen LogP contribution >= 0.6 is 0 Å². The lowest BCUT2D eigenvalue weighted by Crippen LogP contribution is -2.18. The van der Waals surface area contributed by atoms with Gasteiger partial charge in [0.05, 0.1) is 24.4 Å². The lowest BCUT2D eigenvalue weighted by molar-refractivity contribution is -0.117. The minimum atomic E-state index is -0.579. The van der Waals surface area contributed by atoms with Crippen molar-refractivity contribution in [2.75, 3.05) is 5.32 Å². The Balaban J connectivity index is 1.66. The Morgan fingerprint density at radius 3 is 2.56 bits per heavy atom. The number of hydrogen-bond acceptors (Lipinski definition) is 5. The maximum Gasteiger partial charge on any atom is 0.260 e. The number of rotatable bonds is 6. The molecule has 0 aliphatic heterocycles. The zero-order chi connectivity index (χ0) is 17.6. The van der Waals surface area contributed by atoms with Crippen molar-refractivity contribution in [1.82, 2.24) is 4.98 Å². The lowest BCUT2D eigenvalue weighted by atomic mass is 10.2. The molecular formula is C18H15N3O4. The number of nitrogens with zero attached hydrogens (tertiary/aromatic N) is 1. The highest BCUT2D eigenvalue weighted by Gasteiger charge is 2.16. The summed E-state index contributed by atoms with van der Waals surface area (Å²) in [6, 6.07) is 14.1. The van der Waals surface area contributed by atoms with Crippen molar-refractivity contribution in [3.8, 4) is 11.5 Å². The SMILES string of the molecule is NC(=O)Cc1occc1C(=O)Nc1ccc(Oc2ccccc2)cn1. The van der Waals surface area contributed by atoms with Gasteiger partial charge in [-0.3, -0.25) is 9.59 Å². The van der Waals surface area contributed by atoms with Gasteiger partial charge in [-0.2, -0.15) is 0 Å². The molecule has 0 radical (unpaired) electrons. The van der Waals surface area contributed by atoms with Crippen molar-refractivity contribution >= 4 is 17.6 Å². The van der Waals surface area contributed by atoms with Gasteiger partial charge in [-0.1, -0.05) is 18.2 Å². The normalized spacial score (nSPS) is 10.2. The molecule has 7 nitrogen and oxygen atoms in total. The van der Waals surface area contributed by atoms with Crippen molar-refractivity contribution in [1.29, 1.82) is 0 Å². The molecule has 0 fully saturated rings. The number of carbonyl (C=O) groups is 2. The molecule has 0 unspecified atom stereocenters. The predicted octanol–water partition coefficient (Wildman–Crippen LogP) is 2.75. The summed E-state index contributed by atoms with van der Waals surface area (Å²) >= 11 is 0. The Hall–Kier alpha value is -3.61. The number of pyridine rings is 1. The van der Waals surface area contributed by atoms with E-state index in [2.05, 4.69) is 10.3 Å². The van der Waals surface area contributed by atoms with Crippen LogP contribution in [0.5, 0.6) is 11.5 Å². The molecule has 7 heteroatoms. The van der Waals surface area contributed by atoms with E-state index in [1.807, 2.05) is 30.3 Å². The van der Waals surface area contributed by atoms with Crippen LogP contribution in [0.2, 0.25) is 0 Å². The molecule has 2 amide bonds. The highest BCUT2D eigenvalue weighted by Crippen LogP contribution is 2.21. The standard InChI is InChI=1S/C18H15N3O4/c19-16(22)10-15-14(8-9-24-15)18(23)21-17-7-6-13(11-20-17)25-12-4-2-1-3-5-12/h1-9,11H,10H2,(H2,19,22)(H,20,21,23). The molecule has 2 aromatic heterocycles. The van der Waals surface area contributed by atoms with Gasteiger partial charge in [0.2, 0.25) is 5.91 Å². The van der Waals surface area contributed by atoms with E-state index in [4.69, 9.17) is 14.9 Å². The Morgan fingerprint density at radius 2 is 1.88 bits per heavy atom. The number of aromatic nitrogens is 1. The molecule has 3 rings (SSSR count). The summed E-state index contributed by atoms with van der Waals surface area (Å²) in [4.78, 5) is 27.4. The second-order valence-electron chi connectivity index (χ2n) is 5.15. The van der Waals surface area contributed by atoms with Crippen LogP contribution in [0.4, 0.5) is 5.82 Å². The summed E-state index contributed by atoms with van der Waals surface area (Å²) in [5, 5.41) is 2.63. The first-order chi connectivity index (χ1) is 12.1. The Kier molecular flexibility index (Phi) is 4.75. The van der Waals surface area contributed by atoms with Crippen molar-refractivity contribution in [2.24, 2.45) is 5.73 Å². The molecule has 2 heterocycles. The van der Waals surface area contributed by atoms with E-state index in [0.29, 0.717) is 17.3 Å². The molecule has 0 atom stereocenters. The molecule has 3 aromatic rings. The summed E-state index contributed by atoms with van der Waals surface area (Å²) < 4.78 is 10.7. The van der Waals surface area contributed by atoms with Crippen LogP contribution in [-0.2, 0) is 11.2 Å². The molecule has 25 heavy (non-hydrogen) atoms. The average molecular weight is 337 g/mol. The third-order valence-corrected chi connectivity index (χ3v) is 3.28. The molecule has 126 valence electrons. The molecule has 0 aliphatic rings. The van der Waals surface area contributed by atoms with Crippen LogP contribution in [0.1, 0.15) is 16.1 Å². The maximum absolute atomic E-state index is 12.3. The first-order valence-electron chi connectivity index (χ1n) is 7.47. The molecular weight excluding hydrogens is 322 g/mol. The van der Waals surface area contributed by atoms with Crippen LogP contribution in [0.15, 0.2) is 65.4 Å². The average Bonchev–Trinajstić information content (AvgIpc) is 3.05.